The molecule has 2 aromatic carbocycles. The van der Waals surface area contributed by atoms with Crippen LogP contribution in [0.1, 0.15) is 52.5 Å². The van der Waals surface area contributed by atoms with Crippen LogP contribution in [0.2, 0.25) is 0 Å². The summed E-state index contributed by atoms with van der Waals surface area (Å²) in [5, 5.41) is 7.93. The van der Waals surface area contributed by atoms with E-state index >= 15 is 0 Å². The van der Waals surface area contributed by atoms with E-state index in [1.54, 1.807) is 12.1 Å². The average molecular weight is 378 g/mol. The van der Waals surface area contributed by atoms with Gasteiger partial charge in [-0.05, 0) is 47.7 Å². The third kappa shape index (κ3) is 4.30. The number of methoxy groups -OCH3 is 1. The number of carbonyl (C=O) groups is 2. The maximum atomic E-state index is 12.8. The molecule has 3 rings (SSSR count). The van der Waals surface area contributed by atoms with Crippen LogP contribution in [0.3, 0.4) is 0 Å². The summed E-state index contributed by atoms with van der Waals surface area (Å²) in [6.07, 6.45) is 3.24. The SMILES string of the molecule is CCCC(=N)CCN1CCc2cc(-c3ccc(C(=O)OC)cc3)ccc2C1=O. The second-order valence-electron chi connectivity index (χ2n) is 7.09. The van der Waals surface area contributed by atoms with Gasteiger partial charge >= 0.3 is 5.97 Å². The lowest BCUT2D eigenvalue weighted by Crippen LogP contribution is -2.38. The summed E-state index contributed by atoms with van der Waals surface area (Å²) in [6.45, 7) is 3.38. The number of hydrogen-bond donors (Lipinski definition) is 1. The van der Waals surface area contributed by atoms with Crippen LogP contribution in [0.5, 0.6) is 0 Å². The molecule has 146 valence electrons. The van der Waals surface area contributed by atoms with Crippen LogP contribution >= 0.6 is 0 Å². The minimum atomic E-state index is -0.352. The van der Waals surface area contributed by atoms with E-state index in [0.717, 1.165) is 41.5 Å². The number of nitrogens with zero attached hydrogens (tertiary/aromatic N) is 1. The number of benzene rings is 2. The normalized spacial score (nSPS) is 13.2. The molecule has 0 bridgehead atoms. The van der Waals surface area contributed by atoms with Crippen LogP contribution in [-0.4, -0.2) is 42.7 Å². The predicted octanol–water partition coefficient (Wildman–Crippen LogP) is 4.35. The van der Waals surface area contributed by atoms with Gasteiger partial charge in [0.25, 0.3) is 5.91 Å². The number of nitrogens with one attached hydrogen (secondary N) is 1. The van der Waals surface area contributed by atoms with Crippen molar-refractivity contribution in [3.63, 3.8) is 0 Å². The molecule has 1 heterocycles. The van der Waals surface area contributed by atoms with E-state index in [0.29, 0.717) is 30.8 Å². The van der Waals surface area contributed by atoms with Gasteiger partial charge in [-0.25, -0.2) is 4.79 Å². The van der Waals surface area contributed by atoms with Crippen molar-refractivity contribution < 1.29 is 14.3 Å². The molecule has 0 radical (unpaired) electrons. The third-order valence-electron chi connectivity index (χ3n) is 5.15. The van der Waals surface area contributed by atoms with Crippen molar-refractivity contribution in [3.8, 4) is 11.1 Å². The first-order valence-corrected chi connectivity index (χ1v) is 9.70. The standard InChI is InChI=1S/C23H26N2O3/c1-3-4-20(24)12-14-25-13-11-19-15-18(9-10-21(19)22(25)26)16-5-7-17(8-6-16)23(27)28-2/h5-10,15,24H,3-4,11-14H2,1-2H3. The molecule has 1 amide bonds. The van der Waals surface area contributed by atoms with Crippen LogP contribution in [0.15, 0.2) is 42.5 Å². The molecular weight excluding hydrogens is 352 g/mol. The Morgan fingerprint density at radius 1 is 1.11 bits per heavy atom. The van der Waals surface area contributed by atoms with Gasteiger partial charge in [-0.1, -0.05) is 37.6 Å². The summed E-state index contributed by atoms with van der Waals surface area (Å²) in [5.41, 5.74) is 5.07. The second kappa shape index (κ2) is 8.83. The lowest BCUT2D eigenvalue weighted by Gasteiger charge is -2.29. The number of esters is 1. The Balaban J connectivity index is 1.73. The van der Waals surface area contributed by atoms with Gasteiger partial charge in [0.2, 0.25) is 0 Å². The van der Waals surface area contributed by atoms with Crippen LogP contribution in [-0.2, 0) is 11.2 Å². The second-order valence-corrected chi connectivity index (χ2v) is 7.09. The molecule has 28 heavy (non-hydrogen) atoms. The molecule has 1 aliphatic heterocycles. The molecule has 0 aliphatic carbocycles. The average Bonchev–Trinajstić information content (AvgIpc) is 2.73. The molecule has 0 fully saturated rings. The highest BCUT2D eigenvalue weighted by molar-refractivity contribution is 5.98. The van der Waals surface area contributed by atoms with Crippen molar-refractivity contribution >= 4 is 17.6 Å². The molecule has 0 atom stereocenters. The lowest BCUT2D eigenvalue weighted by atomic mass is 9.93. The number of rotatable bonds is 7. The van der Waals surface area contributed by atoms with Gasteiger partial charge in [0.15, 0.2) is 0 Å². The van der Waals surface area contributed by atoms with E-state index in [9.17, 15) is 9.59 Å². The van der Waals surface area contributed by atoms with E-state index < -0.39 is 0 Å². The van der Waals surface area contributed by atoms with Crippen molar-refractivity contribution in [3.05, 3.63) is 59.2 Å². The summed E-state index contributed by atoms with van der Waals surface area (Å²) >= 11 is 0. The molecule has 0 aromatic heterocycles. The quantitative estimate of drug-likeness (QED) is 0.575. The Kier molecular flexibility index (Phi) is 6.24. The molecule has 5 heteroatoms. The number of fused-ring (bicyclic) bond motifs is 1. The molecule has 2 aromatic rings. The van der Waals surface area contributed by atoms with Crippen molar-refractivity contribution in [2.45, 2.75) is 32.6 Å². The van der Waals surface area contributed by atoms with Gasteiger partial charge in [-0.15, -0.1) is 0 Å². The van der Waals surface area contributed by atoms with Crippen molar-refractivity contribution in [2.24, 2.45) is 0 Å². The first-order valence-electron chi connectivity index (χ1n) is 9.70. The lowest BCUT2D eigenvalue weighted by molar-refractivity contribution is 0.0600. The van der Waals surface area contributed by atoms with E-state index in [2.05, 4.69) is 13.0 Å². The van der Waals surface area contributed by atoms with E-state index in [-0.39, 0.29) is 11.9 Å². The highest BCUT2D eigenvalue weighted by Gasteiger charge is 2.24. The number of ether oxygens (including phenoxy) is 1. The first kappa shape index (κ1) is 19.8. The minimum Gasteiger partial charge on any atom is -0.465 e. The summed E-state index contributed by atoms with van der Waals surface area (Å²) < 4.78 is 4.73. The summed E-state index contributed by atoms with van der Waals surface area (Å²) in [7, 11) is 1.37. The molecule has 0 spiro atoms. The maximum absolute atomic E-state index is 12.8. The van der Waals surface area contributed by atoms with Gasteiger partial charge in [-0.2, -0.15) is 0 Å². The van der Waals surface area contributed by atoms with Crippen molar-refractivity contribution in [1.29, 1.82) is 5.41 Å². The summed E-state index contributed by atoms with van der Waals surface area (Å²) in [4.78, 5) is 26.2. The molecule has 5 nitrogen and oxygen atoms in total. The smallest absolute Gasteiger partial charge is 0.337 e. The zero-order valence-corrected chi connectivity index (χ0v) is 16.5. The fourth-order valence-corrected chi connectivity index (χ4v) is 3.54. The van der Waals surface area contributed by atoms with Crippen LogP contribution in [0.25, 0.3) is 11.1 Å². The van der Waals surface area contributed by atoms with Crippen LogP contribution in [0, 0.1) is 5.41 Å². The fourth-order valence-electron chi connectivity index (χ4n) is 3.54. The van der Waals surface area contributed by atoms with Crippen molar-refractivity contribution in [2.75, 3.05) is 20.2 Å². The van der Waals surface area contributed by atoms with Gasteiger partial charge < -0.3 is 15.0 Å². The zero-order chi connectivity index (χ0) is 20.1. The highest BCUT2D eigenvalue weighted by atomic mass is 16.5. The van der Waals surface area contributed by atoms with Crippen LogP contribution < -0.4 is 0 Å². The van der Waals surface area contributed by atoms with Crippen molar-refractivity contribution in [1.82, 2.24) is 4.90 Å². The fraction of sp³-hybridized carbons (Fsp3) is 0.348. The maximum Gasteiger partial charge on any atom is 0.337 e. The molecule has 1 aliphatic rings. The monoisotopic (exact) mass is 378 g/mol. The van der Waals surface area contributed by atoms with Crippen LogP contribution in [0.4, 0.5) is 0 Å². The van der Waals surface area contributed by atoms with E-state index in [4.69, 9.17) is 10.1 Å². The Bertz CT molecular complexity index is 887. The number of carbonyl (C=O) groups excluding carboxylic acids is 2. The summed E-state index contributed by atoms with van der Waals surface area (Å²) in [5.74, 6) is -0.298. The highest BCUT2D eigenvalue weighted by Crippen LogP contribution is 2.27. The topological polar surface area (TPSA) is 70.5 Å². The predicted molar refractivity (Wildman–Crippen MR) is 110 cm³/mol. The Hall–Kier alpha value is -2.95. The summed E-state index contributed by atoms with van der Waals surface area (Å²) in [6, 6.07) is 13.2. The largest absolute Gasteiger partial charge is 0.465 e. The van der Waals surface area contributed by atoms with Gasteiger partial charge in [0, 0.05) is 30.8 Å². The van der Waals surface area contributed by atoms with Gasteiger partial charge in [0.1, 0.15) is 0 Å². The number of hydrogen-bond acceptors (Lipinski definition) is 4. The van der Waals surface area contributed by atoms with Gasteiger partial charge in [0.05, 0.1) is 12.7 Å². The van der Waals surface area contributed by atoms with E-state index in [1.807, 2.05) is 29.2 Å². The molecule has 1 N–H and O–H groups in total. The van der Waals surface area contributed by atoms with Gasteiger partial charge in [-0.3, -0.25) is 4.79 Å². The zero-order valence-electron chi connectivity index (χ0n) is 16.5. The Morgan fingerprint density at radius 3 is 2.50 bits per heavy atom. The Morgan fingerprint density at radius 2 is 1.82 bits per heavy atom. The molecule has 0 saturated carbocycles. The first-order chi connectivity index (χ1) is 13.5. The molecule has 0 unspecified atom stereocenters. The third-order valence-corrected chi connectivity index (χ3v) is 5.15. The molecule has 0 saturated heterocycles. The molecular formula is C23H26N2O3. The van der Waals surface area contributed by atoms with E-state index in [1.165, 1.54) is 7.11 Å². The Labute approximate surface area is 165 Å². The minimum absolute atomic E-state index is 0.0538. The number of amides is 1.